The third kappa shape index (κ3) is 3.08. The van der Waals surface area contributed by atoms with Crippen molar-refractivity contribution in [3.8, 4) is 0 Å². The van der Waals surface area contributed by atoms with Crippen molar-refractivity contribution < 1.29 is 13.6 Å². The maximum Gasteiger partial charge on any atom is 0.257 e. The van der Waals surface area contributed by atoms with E-state index in [4.69, 9.17) is 5.73 Å². The average Bonchev–Trinajstić information content (AvgIpc) is 2.43. The Balaban J connectivity index is 2.11. The van der Waals surface area contributed by atoms with Gasteiger partial charge in [0.05, 0.1) is 5.69 Å². The third-order valence-corrected chi connectivity index (χ3v) is 4.04. The Kier molecular flexibility index (Phi) is 4.57. The molecule has 0 bridgehead atoms. The molecular weight excluding hydrogens is 262 g/mol. The molecule has 110 valence electrons. The number of benzene rings is 1. The van der Waals surface area contributed by atoms with Crippen LogP contribution in [-0.4, -0.2) is 11.9 Å². The number of amides is 1. The largest absolute Gasteiger partial charge is 0.396 e. The number of rotatable bonds is 3. The first-order valence-corrected chi connectivity index (χ1v) is 7.07. The number of hydrogen-bond acceptors (Lipinski definition) is 2. The number of nitrogens with two attached hydrogens (primary N) is 1. The molecule has 20 heavy (non-hydrogen) atoms. The highest BCUT2D eigenvalue weighted by Crippen LogP contribution is 2.27. The highest BCUT2D eigenvalue weighted by atomic mass is 19.1. The lowest BCUT2D eigenvalue weighted by molar-refractivity contribution is 0.0910. The minimum Gasteiger partial charge on any atom is -0.396 e. The molecule has 0 saturated heterocycles. The fourth-order valence-electron chi connectivity index (χ4n) is 2.83. The lowest BCUT2D eigenvalue weighted by Crippen LogP contribution is -2.39. The van der Waals surface area contributed by atoms with E-state index in [-0.39, 0.29) is 11.7 Å². The van der Waals surface area contributed by atoms with Gasteiger partial charge in [-0.1, -0.05) is 26.2 Å². The second-order valence-corrected chi connectivity index (χ2v) is 5.44. The molecule has 1 saturated carbocycles. The van der Waals surface area contributed by atoms with Crippen molar-refractivity contribution in [1.82, 2.24) is 5.32 Å². The smallest absolute Gasteiger partial charge is 0.257 e. The van der Waals surface area contributed by atoms with Crippen molar-refractivity contribution >= 4 is 11.6 Å². The van der Waals surface area contributed by atoms with Crippen LogP contribution in [0.2, 0.25) is 0 Å². The predicted molar refractivity (Wildman–Crippen MR) is 74.3 cm³/mol. The standard InChI is InChI=1S/C15H20F2N2O/c1-2-9-4-3-5-10(8-9)19-15(20)13-11(16)6-7-12(18)14(13)17/h6-7,9-10H,2-5,8,18H2,1H3,(H,19,20). The van der Waals surface area contributed by atoms with Crippen LogP contribution in [0.4, 0.5) is 14.5 Å². The van der Waals surface area contributed by atoms with E-state index in [1.807, 2.05) is 0 Å². The molecule has 0 aromatic heterocycles. The summed E-state index contributed by atoms with van der Waals surface area (Å²) in [6, 6.07) is 2.12. The normalized spacial score (nSPS) is 22.6. The predicted octanol–water partition coefficient (Wildman–Crippen LogP) is 3.25. The molecule has 1 aromatic rings. The summed E-state index contributed by atoms with van der Waals surface area (Å²) in [7, 11) is 0. The van der Waals surface area contributed by atoms with Crippen LogP contribution in [0.25, 0.3) is 0 Å². The molecule has 1 aliphatic rings. The van der Waals surface area contributed by atoms with Crippen molar-refractivity contribution in [2.75, 3.05) is 5.73 Å². The van der Waals surface area contributed by atoms with Gasteiger partial charge in [0.25, 0.3) is 5.91 Å². The van der Waals surface area contributed by atoms with Crippen molar-refractivity contribution in [2.24, 2.45) is 5.92 Å². The average molecular weight is 282 g/mol. The van der Waals surface area contributed by atoms with E-state index < -0.39 is 23.1 Å². The zero-order chi connectivity index (χ0) is 14.7. The fourth-order valence-corrected chi connectivity index (χ4v) is 2.83. The number of nitrogens with one attached hydrogen (secondary N) is 1. The van der Waals surface area contributed by atoms with Gasteiger partial charge < -0.3 is 11.1 Å². The fraction of sp³-hybridized carbons (Fsp3) is 0.533. The Morgan fingerprint density at radius 2 is 2.15 bits per heavy atom. The summed E-state index contributed by atoms with van der Waals surface area (Å²) in [5, 5.41) is 2.73. The van der Waals surface area contributed by atoms with Crippen LogP contribution in [0.3, 0.4) is 0 Å². The van der Waals surface area contributed by atoms with Crippen LogP contribution in [0.1, 0.15) is 49.4 Å². The highest BCUT2D eigenvalue weighted by Gasteiger charge is 2.25. The Hall–Kier alpha value is -1.65. The Bertz CT molecular complexity index is 505. The summed E-state index contributed by atoms with van der Waals surface area (Å²) < 4.78 is 27.4. The van der Waals surface area contributed by atoms with Crippen LogP contribution in [0.5, 0.6) is 0 Å². The van der Waals surface area contributed by atoms with Crippen molar-refractivity contribution in [1.29, 1.82) is 0 Å². The summed E-state index contributed by atoms with van der Waals surface area (Å²) in [6.07, 6.45) is 4.98. The Morgan fingerprint density at radius 3 is 2.85 bits per heavy atom. The SMILES string of the molecule is CCC1CCCC(NC(=O)c2c(F)ccc(N)c2F)C1. The van der Waals surface area contributed by atoms with Gasteiger partial charge in [0.15, 0.2) is 5.82 Å². The van der Waals surface area contributed by atoms with E-state index >= 15 is 0 Å². The van der Waals surface area contributed by atoms with Gasteiger partial charge in [-0.25, -0.2) is 8.78 Å². The Morgan fingerprint density at radius 1 is 1.40 bits per heavy atom. The molecular formula is C15H20F2N2O. The molecule has 2 unspecified atom stereocenters. The van der Waals surface area contributed by atoms with Gasteiger partial charge in [-0.3, -0.25) is 4.79 Å². The van der Waals surface area contributed by atoms with Gasteiger partial charge in [0.2, 0.25) is 0 Å². The number of hydrogen-bond donors (Lipinski definition) is 2. The van der Waals surface area contributed by atoms with Gasteiger partial charge in [0.1, 0.15) is 11.4 Å². The van der Waals surface area contributed by atoms with E-state index in [0.717, 1.165) is 44.2 Å². The minimum atomic E-state index is -0.981. The van der Waals surface area contributed by atoms with Gasteiger partial charge >= 0.3 is 0 Å². The van der Waals surface area contributed by atoms with Crippen molar-refractivity contribution in [3.05, 3.63) is 29.3 Å². The lowest BCUT2D eigenvalue weighted by atomic mass is 9.84. The van der Waals surface area contributed by atoms with E-state index in [1.165, 1.54) is 0 Å². The monoisotopic (exact) mass is 282 g/mol. The van der Waals surface area contributed by atoms with Crippen LogP contribution in [-0.2, 0) is 0 Å². The molecule has 1 fully saturated rings. The number of nitrogen functional groups attached to an aromatic ring is 1. The number of carbonyl (C=O) groups is 1. The number of anilines is 1. The van der Waals surface area contributed by atoms with Crippen LogP contribution in [0.15, 0.2) is 12.1 Å². The first kappa shape index (κ1) is 14.8. The van der Waals surface area contributed by atoms with E-state index in [0.29, 0.717) is 5.92 Å². The highest BCUT2D eigenvalue weighted by molar-refractivity contribution is 5.95. The number of halogens is 2. The molecule has 3 N–H and O–H groups in total. The third-order valence-electron chi connectivity index (χ3n) is 4.04. The molecule has 0 radical (unpaired) electrons. The molecule has 0 aliphatic heterocycles. The molecule has 1 amide bonds. The molecule has 2 rings (SSSR count). The second kappa shape index (κ2) is 6.20. The zero-order valence-electron chi connectivity index (χ0n) is 11.6. The first-order valence-electron chi connectivity index (χ1n) is 7.07. The summed E-state index contributed by atoms with van der Waals surface area (Å²) in [5.74, 6) is -2.00. The van der Waals surface area contributed by atoms with Gasteiger partial charge in [-0.2, -0.15) is 0 Å². The maximum absolute atomic E-state index is 13.8. The maximum atomic E-state index is 13.8. The summed E-state index contributed by atoms with van der Waals surface area (Å²) >= 11 is 0. The summed E-state index contributed by atoms with van der Waals surface area (Å²) in [6.45, 7) is 2.12. The summed E-state index contributed by atoms with van der Waals surface area (Å²) in [5.41, 5.74) is 4.59. The zero-order valence-corrected chi connectivity index (χ0v) is 11.6. The first-order chi connectivity index (χ1) is 9.52. The van der Waals surface area contributed by atoms with Crippen LogP contribution >= 0.6 is 0 Å². The van der Waals surface area contributed by atoms with Crippen LogP contribution < -0.4 is 11.1 Å². The topological polar surface area (TPSA) is 55.1 Å². The summed E-state index contributed by atoms with van der Waals surface area (Å²) in [4.78, 5) is 12.1. The van der Waals surface area contributed by atoms with Gasteiger partial charge in [-0.05, 0) is 30.9 Å². The molecule has 0 spiro atoms. The van der Waals surface area contributed by atoms with Crippen LogP contribution in [0, 0.1) is 17.6 Å². The second-order valence-electron chi connectivity index (χ2n) is 5.44. The lowest BCUT2D eigenvalue weighted by Gasteiger charge is -2.29. The van der Waals surface area contributed by atoms with Crippen molar-refractivity contribution in [3.63, 3.8) is 0 Å². The Labute approximate surface area is 117 Å². The molecule has 2 atom stereocenters. The van der Waals surface area contributed by atoms with Gasteiger partial charge in [0, 0.05) is 6.04 Å². The van der Waals surface area contributed by atoms with Crippen molar-refractivity contribution in [2.45, 2.75) is 45.1 Å². The van der Waals surface area contributed by atoms with E-state index in [9.17, 15) is 13.6 Å². The quantitative estimate of drug-likeness (QED) is 0.836. The van der Waals surface area contributed by atoms with E-state index in [2.05, 4.69) is 12.2 Å². The molecule has 1 aromatic carbocycles. The molecule has 5 heteroatoms. The van der Waals surface area contributed by atoms with E-state index in [1.54, 1.807) is 0 Å². The molecule has 0 heterocycles. The van der Waals surface area contributed by atoms with Gasteiger partial charge in [-0.15, -0.1) is 0 Å². The molecule has 1 aliphatic carbocycles. The molecule has 3 nitrogen and oxygen atoms in total. The minimum absolute atomic E-state index is 0.0126. The number of carbonyl (C=O) groups excluding carboxylic acids is 1.